The molecule has 1 N–H and O–H groups in total. The number of nitrogens with zero attached hydrogens (tertiary/aromatic N) is 2. The Hall–Kier alpha value is -2.59. The van der Waals surface area contributed by atoms with Crippen LogP contribution in [0.3, 0.4) is 0 Å². The molecule has 0 radical (unpaired) electrons. The smallest absolute Gasteiger partial charge is 0.178 e. The van der Waals surface area contributed by atoms with Crippen molar-refractivity contribution in [3.63, 3.8) is 0 Å². The van der Waals surface area contributed by atoms with E-state index in [1.807, 2.05) is 43.2 Å². The molecule has 5 nitrogen and oxygen atoms in total. The third-order valence-electron chi connectivity index (χ3n) is 5.48. The summed E-state index contributed by atoms with van der Waals surface area (Å²) < 4.78 is 6.15. The van der Waals surface area contributed by atoms with Gasteiger partial charge in [0.2, 0.25) is 0 Å². The maximum absolute atomic E-state index is 10.7. The summed E-state index contributed by atoms with van der Waals surface area (Å²) in [6.07, 6.45) is 1.40. The van der Waals surface area contributed by atoms with Crippen molar-refractivity contribution in [2.45, 2.75) is 38.5 Å². The molecule has 1 heterocycles. The molecular formula is C24H30N2O3. The fraction of sp³-hybridized carbons (Fsp3) is 0.417. The van der Waals surface area contributed by atoms with Gasteiger partial charge in [0.05, 0.1) is 0 Å². The highest BCUT2D eigenvalue weighted by molar-refractivity contribution is 5.49. The number of carbonyl (C=O) groups excluding carboxylic acids is 1. The largest absolute Gasteiger partial charge is 0.472 e. The topological polar surface area (TPSA) is 53.0 Å². The minimum absolute atomic E-state index is 0.0696. The number of aliphatic hydroxyl groups excluding tert-OH is 1. The zero-order chi connectivity index (χ0) is 20.6. The minimum Gasteiger partial charge on any atom is -0.472 e. The van der Waals surface area contributed by atoms with Crippen LogP contribution in [0.15, 0.2) is 60.7 Å². The highest BCUT2D eigenvalue weighted by Crippen LogP contribution is 2.25. The van der Waals surface area contributed by atoms with Crippen LogP contribution in [0.2, 0.25) is 0 Å². The molecule has 3 atom stereocenters. The van der Waals surface area contributed by atoms with Gasteiger partial charge in [0.15, 0.2) is 6.23 Å². The molecule has 1 saturated heterocycles. The zero-order valence-electron chi connectivity index (χ0n) is 17.2. The lowest BCUT2D eigenvalue weighted by molar-refractivity contribution is -0.0601. The monoisotopic (exact) mass is 394 g/mol. The van der Waals surface area contributed by atoms with Crippen molar-refractivity contribution in [3.8, 4) is 5.75 Å². The molecule has 154 valence electrons. The van der Waals surface area contributed by atoms with Gasteiger partial charge in [0, 0.05) is 43.9 Å². The molecule has 0 amide bonds. The molecule has 1 aliphatic rings. The van der Waals surface area contributed by atoms with E-state index in [0.717, 1.165) is 43.9 Å². The zero-order valence-corrected chi connectivity index (χ0v) is 17.2. The Morgan fingerprint density at radius 1 is 1.07 bits per heavy atom. The number of anilines is 1. The van der Waals surface area contributed by atoms with Crippen molar-refractivity contribution in [3.05, 3.63) is 66.2 Å². The Morgan fingerprint density at radius 2 is 1.72 bits per heavy atom. The van der Waals surface area contributed by atoms with E-state index in [0.29, 0.717) is 0 Å². The van der Waals surface area contributed by atoms with Crippen LogP contribution in [-0.2, 0) is 4.79 Å². The molecule has 0 spiro atoms. The normalized spacial score (nSPS) is 17.8. The standard InChI is InChI=1S/C24H30N2O3/c1-3-20(13-18-27)21-9-11-23(12-10-21)29-24(19(2)28)26-16-14-25(15-17-26)22-7-5-4-6-8-22/h4-13,19-20,24,28H,3,14-17H2,1-2H3. The quantitative estimate of drug-likeness (QED) is 0.695. The Labute approximate surface area is 173 Å². The summed E-state index contributed by atoms with van der Waals surface area (Å²) in [5.41, 5.74) is 2.29. The van der Waals surface area contributed by atoms with E-state index in [-0.39, 0.29) is 5.92 Å². The lowest BCUT2D eigenvalue weighted by Crippen LogP contribution is -2.55. The fourth-order valence-electron chi connectivity index (χ4n) is 3.82. The second kappa shape index (κ2) is 10.3. The number of allylic oxidation sites excluding steroid dienone is 1. The van der Waals surface area contributed by atoms with Gasteiger partial charge >= 0.3 is 0 Å². The number of aliphatic hydroxyl groups is 1. The van der Waals surface area contributed by atoms with Gasteiger partial charge in [-0.25, -0.2) is 4.79 Å². The Kier molecular flexibility index (Phi) is 7.48. The van der Waals surface area contributed by atoms with E-state index in [1.54, 1.807) is 13.0 Å². The number of ether oxygens (including phenoxy) is 1. The predicted molar refractivity (Wildman–Crippen MR) is 116 cm³/mol. The van der Waals surface area contributed by atoms with Crippen LogP contribution >= 0.6 is 0 Å². The molecule has 3 unspecified atom stereocenters. The number of rotatable bonds is 8. The van der Waals surface area contributed by atoms with Crippen LogP contribution in [-0.4, -0.2) is 54.5 Å². The van der Waals surface area contributed by atoms with Crippen molar-refractivity contribution in [1.82, 2.24) is 4.90 Å². The molecule has 2 aromatic rings. The van der Waals surface area contributed by atoms with Crippen LogP contribution in [0.5, 0.6) is 5.75 Å². The molecule has 29 heavy (non-hydrogen) atoms. The average Bonchev–Trinajstić information content (AvgIpc) is 2.77. The first-order chi connectivity index (χ1) is 14.1. The van der Waals surface area contributed by atoms with Crippen molar-refractivity contribution >= 4 is 11.6 Å². The number of hydrogen-bond acceptors (Lipinski definition) is 5. The number of benzene rings is 2. The van der Waals surface area contributed by atoms with Crippen LogP contribution in [0.1, 0.15) is 31.7 Å². The van der Waals surface area contributed by atoms with Gasteiger partial charge in [-0.15, -0.1) is 0 Å². The Balaban J connectivity index is 1.63. The van der Waals surface area contributed by atoms with E-state index in [9.17, 15) is 9.90 Å². The first-order valence-corrected chi connectivity index (χ1v) is 10.3. The summed E-state index contributed by atoms with van der Waals surface area (Å²) in [6.45, 7) is 7.25. The summed E-state index contributed by atoms with van der Waals surface area (Å²) in [5, 5.41) is 10.3. The molecular weight excluding hydrogens is 364 g/mol. The predicted octanol–water partition coefficient (Wildman–Crippen LogP) is 3.48. The number of hydrogen-bond donors (Lipinski definition) is 1. The summed E-state index contributed by atoms with van der Waals surface area (Å²) >= 11 is 0. The maximum Gasteiger partial charge on any atom is 0.178 e. The fourth-order valence-corrected chi connectivity index (χ4v) is 3.82. The number of para-hydroxylation sites is 1. The summed E-state index contributed by atoms with van der Waals surface area (Å²) in [5.74, 6) is 2.67. The van der Waals surface area contributed by atoms with Crippen LogP contribution in [0.25, 0.3) is 0 Å². The lowest BCUT2D eigenvalue weighted by atomic mass is 9.97. The molecule has 1 fully saturated rings. The van der Waals surface area contributed by atoms with Crippen molar-refractivity contribution < 1.29 is 14.6 Å². The molecule has 0 bridgehead atoms. The highest BCUT2D eigenvalue weighted by Gasteiger charge is 2.28. The van der Waals surface area contributed by atoms with Crippen molar-refractivity contribution in [2.24, 2.45) is 0 Å². The van der Waals surface area contributed by atoms with Crippen LogP contribution in [0, 0.1) is 0 Å². The first-order valence-electron chi connectivity index (χ1n) is 10.3. The summed E-state index contributed by atoms with van der Waals surface area (Å²) in [4.78, 5) is 15.2. The molecule has 0 saturated carbocycles. The van der Waals surface area contributed by atoms with Gasteiger partial charge < -0.3 is 14.7 Å². The second-order valence-electron chi connectivity index (χ2n) is 7.48. The molecule has 1 aliphatic heterocycles. The van der Waals surface area contributed by atoms with Crippen LogP contribution < -0.4 is 9.64 Å². The van der Waals surface area contributed by atoms with Crippen molar-refractivity contribution in [2.75, 3.05) is 31.1 Å². The van der Waals surface area contributed by atoms with Gasteiger partial charge in [0.25, 0.3) is 0 Å². The van der Waals surface area contributed by atoms with Gasteiger partial charge in [-0.3, -0.25) is 4.90 Å². The van der Waals surface area contributed by atoms with E-state index >= 15 is 0 Å². The summed E-state index contributed by atoms with van der Waals surface area (Å²) in [7, 11) is 0. The molecule has 0 aromatic heterocycles. The molecule has 5 heteroatoms. The van der Waals surface area contributed by atoms with E-state index in [2.05, 4.69) is 34.1 Å². The third-order valence-corrected chi connectivity index (χ3v) is 5.48. The van der Waals surface area contributed by atoms with E-state index < -0.39 is 12.3 Å². The molecule has 2 aromatic carbocycles. The lowest BCUT2D eigenvalue weighted by Gasteiger charge is -2.40. The highest BCUT2D eigenvalue weighted by atomic mass is 16.5. The van der Waals surface area contributed by atoms with E-state index in [4.69, 9.17) is 4.74 Å². The average molecular weight is 395 g/mol. The van der Waals surface area contributed by atoms with Gasteiger partial charge in [-0.05, 0) is 43.2 Å². The summed E-state index contributed by atoms with van der Waals surface area (Å²) in [6, 6.07) is 18.2. The Morgan fingerprint density at radius 3 is 2.28 bits per heavy atom. The molecule has 3 rings (SSSR count). The van der Waals surface area contributed by atoms with Gasteiger partial charge in [-0.1, -0.05) is 37.3 Å². The van der Waals surface area contributed by atoms with Gasteiger partial charge in [-0.2, -0.15) is 0 Å². The maximum atomic E-state index is 10.7. The Bertz CT molecular complexity index is 793. The first kappa shape index (κ1) is 21.1. The SMILES string of the molecule is CCC(C=C=O)c1ccc(OC(C(C)O)N2CCN(c3ccccc3)CC2)cc1. The van der Waals surface area contributed by atoms with Crippen molar-refractivity contribution in [1.29, 1.82) is 0 Å². The number of piperazine rings is 1. The second-order valence-corrected chi connectivity index (χ2v) is 7.48. The van der Waals surface area contributed by atoms with Gasteiger partial charge in [0.1, 0.15) is 17.8 Å². The van der Waals surface area contributed by atoms with Crippen LogP contribution in [0.4, 0.5) is 5.69 Å². The van der Waals surface area contributed by atoms with E-state index in [1.165, 1.54) is 5.69 Å². The minimum atomic E-state index is -0.612. The molecule has 0 aliphatic carbocycles. The third kappa shape index (κ3) is 5.48.